The first kappa shape index (κ1) is 14.7. The molecule has 0 aliphatic carbocycles. The summed E-state index contributed by atoms with van der Waals surface area (Å²) in [5.41, 5.74) is 1.71. The van der Waals surface area contributed by atoms with E-state index in [-0.39, 0.29) is 5.78 Å². The number of likely N-dealkylation sites (N-methyl/N-ethyl adjacent to an activating group) is 1. The normalized spacial score (nSPS) is 10.7. The maximum Gasteiger partial charge on any atom is 0.176 e. The number of Topliss-reactive ketones (excluding diaryl/α,β-unsaturated/α-hetero) is 1. The van der Waals surface area contributed by atoms with Gasteiger partial charge >= 0.3 is 0 Å². The van der Waals surface area contributed by atoms with E-state index in [4.69, 9.17) is 4.74 Å². The van der Waals surface area contributed by atoms with E-state index in [0.29, 0.717) is 6.54 Å². The average molecular weight is 250 g/mol. The molecule has 1 aromatic rings. The largest absolute Gasteiger partial charge is 0.496 e. The molecule has 18 heavy (non-hydrogen) atoms. The second-order valence-electron chi connectivity index (χ2n) is 4.59. The number of ether oxygens (including phenoxy) is 1. The number of nitrogens with one attached hydrogen (secondary N) is 1. The Labute approximate surface area is 109 Å². The highest BCUT2D eigenvalue weighted by Gasteiger charge is 2.07. The molecule has 1 rings (SSSR count). The molecular weight excluding hydrogens is 228 g/mol. The van der Waals surface area contributed by atoms with Crippen molar-refractivity contribution in [2.24, 2.45) is 0 Å². The van der Waals surface area contributed by atoms with Gasteiger partial charge in [0, 0.05) is 18.7 Å². The first-order valence-corrected chi connectivity index (χ1v) is 6.08. The third-order valence-electron chi connectivity index (χ3n) is 2.74. The Morgan fingerprint density at radius 1 is 1.39 bits per heavy atom. The van der Waals surface area contributed by atoms with Gasteiger partial charge in [0.25, 0.3) is 0 Å². The van der Waals surface area contributed by atoms with Crippen LogP contribution in [-0.2, 0) is 0 Å². The summed E-state index contributed by atoms with van der Waals surface area (Å²) >= 11 is 0. The standard InChI is InChI=1S/C14H22N2O2/c1-11-9-12(5-6-14(11)18-4)13(17)10-15-7-8-16(2)3/h5-6,9,15H,7-8,10H2,1-4H3. The molecule has 0 saturated heterocycles. The lowest BCUT2D eigenvalue weighted by molar-refractivity contribution is 0.0990. The van der Waals surface area contributed by atoms with E-state index in [1.54, 1.807) is 7.11 Å². The Bertz CT molecular complexity index is 403. The van der Waals surface area contributed by atoms with Crippen molar-refractivity contribution in [3.63, 3.8) is 0 Å². The van der Waals surface area contributed by atoms with Gasteiger partial charge in [-0.1, -0.05) is 0 Å². The first-order valence-electron chi connectivity index (χ1n) is 6.08. The van der Waals surface area contributed by atoms with Gasteiger partial charge in [0.1, 0.15) is 5.75 Å². The molecule has 0 aliphatic heterocycles. The van der Waals surface area contributed by atoms with E-state index in [1.807, 2.05) is 39.2 Å². The topological polar surface area (TPSA) is 41.6 Å². The molecule has 4 heteroatoms. The Morgan fingerprint density at radius 2 is 2.11 bits per heavy atom. The van der Waals surface area contributed by atoms with E-state index in [0.717, 1.165) is 30.0 Å². The number of carbonyl (C=O) groups is 1. The van der Waals surface area contributed by atoms with Crippen LogP contribution in [0.5, 0.6) is 5.75 Å². The lowest BCUT2D eigenvalue weighted by Gasteiger charge is -2.10. The van der Waals surface area contributed by atoms with Gasteiger partial charge in [-0.2, -0.15) is 0 Å². The maximum atomic E-state index is 11.9. The van der Waals surface area contributed by atoms with Crippen LogP contribution in [0.2, 0.25) is 0 Å². The number of carbonyl (C=O) groups excluding carboxylic acids is 1. The van der Waals surface area contributed by atoms with Gasteiger partial charge in [-0.15, -0.1) is 0 Å². The molecule has 0 spiro atoms. The van der Waals surface area contributed by atoms with Gasteiger partial charge in [0.15, 0.2) is 5.78 Å². The zero-order chi connectivity index (χ0) is 13.5. The van der Waals surface area contributed by atoms with E-state index in [9.17, 15) is 4.79 Å². The quantitative estimate of drug-likeness (QED) is 0.586. The van der Waals surface area contributed by atoms with Gasteiger partial charge in [-0.05, 0) is 44.8 Å². The monoisotopic (exact) mass is 250 g/mol. The summed E-state index contributed by atoms with van der Waals surface area (Å²) in [6, 6.07) is 5.51. The molecule has 4 nitrogen and oxygen atoms in total. The van der Waals surface area contributed by atoms with Crippen LogP contribution in [0.4, 0.5) is 0 Å². The molecule has 0 atom stereocenters. The Hall–Kier alpha value is -1.39. The summed E-state index contributed by atoms with van der Waals surface area (Å²) < 4.78 is 5.17. The van der Waals surface area contributed by atoms with Crippen LogP contribution in [0.25, 0.3) is 0 Å². The highest BCUT2D eigenvalue weighted by molar-refractivity contribution is 5.97. The third kappa shape index (κ3) is 4.47. The van der Waals surface area contributed by atoms with Gasteiger partial charge in [0.2, 0.25) is 0 Å². The summed E-state index contributed by atoms with van der Waals surface area (Å²) in [6.45, 7) is 4.05. The minimum Gasteiger partial charge on any atom is -0.496 e. The number of hydrogen-bond donors (Lipinski definition) is 1. The van der Waals surface area contributed by atoms with Crippen molar-refractivity contribution in [3.8, 4) is 5.75 Å². The maximum absolute atomic E-state index is 11.9. The molecule has 0 fully saturated rings. The van der Waals surface area contributed by atoms with Crippen LogP contribution in [0.3, 0.4) is 0 Å². The number of benzene rings is 1. The number of rotatable bonds is 7. The highest BCUT2D eigenvalue weighted by atomic mass is 16.5. The minimum atomic E-state index is 0.111. The van der Waals surface area contributed by atoms with E-state index >= 15 is 0 Å². The lowest BCUT2D eigenvalue weighted by atomic mass is 10.1. The number of nitrogens with zero attached hydrogens (tertiary/aromatic N) is 1. The van der Waals surface area contributed by atoms with Crippen LogP contribution in [-0.4, -0.2) is 51.5 Å². The molecule has 0 radical (unpaired) electrons. The summed E-state index contributed by atoms with van der Waals surface area (Å²) in [7, 11) is 5.65. The highest BCUT2D eigenvalue weighted by Crippen LogP contribution is 2.18. The van der Waals surface area contributed by atoms with Gasteiger partial charge < -0.3 is 15.0 Å². The van der Waals surface area contributed by atoms with Crippen molar-refractivity contribution in [3.05, 3.63) is 29.3 Å². The van der Waals surface area contributed by atoms with Crippen LogP contribution >= 0.6 is 0 Å². The molecule has 0 unspecified atom stereocenters. The van der Waals surface area contributed by atoms with Crippen LogP contribution < -0.4 is 10.1 Å². The summed E-state index contributed by atoms with van der Waals surface area (Å²) in [5, 5.41) is 3.14. The fourth-order valence-electron chi connectivity index (χ4n) is 1.66. The second-order valence-corrected chi connectivity index (χ2v) is 4.59. The molecule has 0 bridgehead atoms. The van der Waals surface area contributed by atoms with Crippen molar-refractivity contribution in [2.45, 2.75) is 6.92 Å². The first-order chi connectivity index (χ1) is 8.54. The number of methoxy groups -OCH3 is 1. The molecule has 1 aromatic carbocycles. The molecule has 0 heterocycles. The number of hydrogen-bond acceptors (Lipinski definition) is 4. The van der Waals surface area contributed by atoms with Gasteiger partial charge in [-0.25, -0.2) is 0 Å². The Balaban J connectivity index is 2.49. The van der Waals surface area contributed by atoms with E-state index in [2.05, 4.69) is 10.2 Å². The zero-order valence-electron chi connectivity index (χ0n) is 11.6. The molecular formula is C14H22N2O2. The predicted molar refractivity (Wildman–Crippen MR) is 73.5 cm³/mol. The van der Waals surface area contributed by atoms with Crippen molar-refractivity contribution in [1.82, 2.24) is 10.2 Å². The average Bonchev–Trinajstić information content (AvgIpc) is 2.34. The predicted octanol–water partition coefficient (Wildman–Crippen LogP) is 1.34. The summed E-state index contributed by atoms with van der Waals surface area (Å²) in [5.74, 6) is 0.923. The van der Waals surface area contributed by atoms with Crippen molar-refractivity contribution in [2.75, 3.05) is 40.8 Å². The van der Waals surface area contributed by atoms with Crippen LogP contribution in [0, 0.1) is 6.92 Å². The molecule has 0 amide bonds. The van der Waals surface area contributed by atoms with Crippen LogP contribution in [0.15, 0.2) is 18.2 Å². The molecule has 1 N–H and O–H groups in total. The van der Waals surface area contributed by atoms with Crippen molar-refractivity contribution < 1.29 is 9.53 Å². The van der Waals surface area contributed by atoms with E-state index in [1.165, 1.54) is 0 Å². The number of aryl methyl sites for hydroxylation is 1. The minimum absolute atomic E-state index is 0.111. The van der Waals surface area contributed by atoms with Crippen molar-refractivity contribution in [1.29, 1.82) is 0 Å². The fourth-order valence-corrected chi connectivity index (χ4v) is 1.66. The fraction of sp³-hybridized carbons (Fsp3) is 0.500. The molecule has 0 saturated carbocycles. The smallest absolute Gasteiger partial charge is 0.176 e. The molecule has 0 aliphatic rings. The summed E-state index contributed by atoms with van der Waals surface area (Å²) in [4.78, 5) is 14.0. The Morgan fingerprint density at radius 3 is 2.67 bits per heavy atom. The van der Waals surface area contributed by atoms with Crippen LogP contribution in [0.1, 0.15) is 15.9 Å². The second kappa shape index (κ2) is 7.13. The third-order valence-corrected chi connectivity index (χ3v) is 2.74. The Kier molecular flexibility index (Phi) is 5.82. The van der Waals surface area contributed by atoms with Crippen molar-refractivity contribution >= 4 is 5.78 Å². The van der Waals surface area contributed by atoms with Gasteiger partial charge in [-0.3, -0.25) is 4.79 Å². The summed E-state index contributed by atoms with van der Waals surface area (Å²) in [6.07, 6.45) is 0. The zero-order valence-corrected chi connectivity index (χ0v) is 11.6. The number of ketones is 1. The lowest BCUT2D eigenvalue weighted by Crippen LogP contribution is -2.30. The molecule has 0 aromatic heterocycles. The molecule has 100 valence electrons. The van der Waals surface area contributed by atoms with Gasteiger partial charge in [0.05, 0.1) is 13.7 Å². The van der Waals surface area contributed by atoms with E-state index < -0.39 is 0 Å². The SMILES string of the molecule is COc1ccc(C(=O)CNCCN(C)C)cc1C.